The van der Waals surface area contributed by atoms with Crippen molar-refractivity contribution in [3.63, 3.8) is 0 Å². The predicted octanol–water partition coefficient (Wildman–Crippen LogP) is 3.70. The number of amides is 1. The molecule has 4 rings (SSSR count). The van der Waals surface area contributed by atoms with Gasteiger partial charge in [0.2, 0.25) is 0 Å². The van der Waals surface area contributed by atoms with Crippen molar-refractivity contribution in [3.8, 4) is 10.6 Å². The topological polar surface area (TPSA) is 105 Å². The van der Waals surface area contributed by atoms with Crippen LogP contribution in [0.25, 0.3) is 10.6 Å². The van der Waals surface area contributed by atoms with Crippen molar-refractivity contribution >= 4 is 50.5 Å². The average Bonchev–Trinajstić information content (AvgIpc) is 3.38. The molecule has 0 unspecified atom stereocenters. The Hall–Kier alpha value is -3.02. The molecule has 0 radical (unpaired) electrons. The Morgan fingerprint density at radius 3 is 2.73 bits per heavy atom. The SMILES string of the molecule is CN1C(C(=O)Nc2ccc(F)c(Cl)c2)=CC(c2ccc(-c3cnco3)s2)=NS1(=O)=O. The van der Waals surface area contributed by atoms with Crippen LogP contribution in [0.1, 0.15) is 4.88 Å². The molecule has 30 heavy (non-hydrogen) atoms. The summed E-state index contributed by atoms with van der Waals surface area (Å²) in [5.41, 5.74) is 0.159. The predicted molar refractivity (Wildman–Crippen MR) is 111 cm³/mol. The first-order valence-electron chi connectivity index (χ1n) is 8.30. The molecule has 2 aromatic heterocycles. The van der Waals surface area contributed by atoms with Crippen molar-refractivity contribution in [2.24, 2.45) is 4.40 Å². The van der Waals surface area contributed by atoms with Crippen LogP contribution in [0.15, 0.2) is 63.5 Å². The third-order valence-electron chi connectivity index (χ3n) is 4.12. The van der Waals surface area contributed by atoms with E-state index in [9.17, 15) is 17.6 Å². The van der Waals surface area contributed by atoms with E-state index in [1.807, 2.05) is 0 Å². The molecule has 0 saturated carbocycles. The molecule has 8 nitrogen and oxygen atoms in total. The van der Waals surface area contributed by atoms with E-state index in [1.54, 1.807) is 12.1 Å². The Morgan fingerprint density at radius 2 is 2.03 bits per heavy atom. The average molecular weight is 467 g/mol. The van der Waals surface area contributed by atoms with Gasteiger partial charge in [0.15, 0.2) is 12.2 Å². The number of rotatable bonds is 4. The number of halogens is 2. The van der Waals surface area contributed by atoms with Crippen LogP contribution >= 0.6 is 22.9 Å². The van der Waals surface area contributed by atoms with E-state index in [0.717, 1.165) is 15.2 Å². The number of aromatic nitrogens is 1. The number of hydrogen-bond donors (Lipinski definition) is 1. The monoisotopic (exact) mass is 466 g/mol. The summed E-state index contributed by atoms with van der Waals surface area (Å²) >= 11 is 6.97. The highest BCUT2D eigenvalue weighted by Crippen LogP contribution is 2.30. The minimum Gasteiger partial charge on any atom is -0.443 e. The fraction of sp³-hybridized carbons (Fsp3) is 0.0556. The Bertz CT molecular complexity index is 1300. The maximum Gasteiger partial charge on any atom is 0.345 e. The molecular formula is C18H12ClFN4O4S2. The number of allylic oxidation sites excluding steroid dienone is 1. The number of benzene rings is 1. The van der Waals surface area contributed by atoms with Gasteiger partial charge in [-0.25, -0.2) is 13.7 Å². The molecule has 1 N–H and O–H groups in total. The molecule has 154 valence electrons. The second kappa shape index (κ2) is 7.67. The van der Waals surface area contributed by atoms with E-state index in [1.165, 1.54) is 49.2 Å². The summed E-state index contributed by atoms with van der Waals surface area (Å²) in [4.78, 5) is 17.8. The number of thiophene rings is 1. The molecule has 0 spiro atoms. The van der Waals surface area contributed by atoms with Crippen LogP contribution in [0.5, 0.6) is 0 Å². The molecule has 0 atom stereocenters. The number of carbonyl (C=O) groups is 1. The summed E-state index contributed by atoms with van der Waals surface area (Å²) in [7, 11) is -2.91. The van der Waals surface area contributed by atoms with E-state index in [0.29, 0.717) is 10.6 Å². The smallest absolute Gasteiger partial charge is 0.345 e. The minimum absolute atomic E-state index is 0.103. The van der Waals surface area contributed by atoms with Crippen molar-refractivity contribution in [1.82, 2.24) is 9.29 Å². The maximum absolute atomic E-state index is 13.3. The number of oxazole rings is 1. The zero-order valence-electron chi connectivity index (χ0n) is 15.2. The summed E-state index contributed by atoms with van der Waals surface area (Å²) in [5, 5.41) is 2.33. The highest BCUT2D eigenvalue weighted by Gasteiger charge is 2.30. The van der Waals surface area contributed by atoms with Gasteiger partial charge in [0, 0.05) is 12.7 Å². The lowest BCUT2D eigenvalue weighted by Crippen LogP contribution is -2.35. The van der Waals surface area contributed by atoms with Gasteiger partial charge in [-0.05, 0) is 36.4 Å². The van der Waals surface area contributed by atoms with E-state index in [2.05, 4.69) is 14.7 Å². The Labute approximate surface area is 179 Å². The maximum atomic E-state index is 13.3. The zero-order chi connectivity index (χ0) is 21.5. The molecule has 0 saturated heterocycles. The third-order valence-corrected chi connectivity index (χ3v) is 6.84. The van der Waals surface area contributed by atoms with Crippen molar-refractivity contribution in [1.29, 1.82) is 0 Å². The summed E-state index contributed by atoms with van der Waals surface area (Å²) in [6.07, 6.45) is 4.18. The molecule has 1 aliphatic rings. The first-order valence-corrected chi connectivity index (χ1v) is 10.9. The number of carbonyl (C=O) groups excluding carboxylic acids is 1. The van der Waals surface area contributed by atoms with Crippen LogP contribution in [-0.4, -0.2) is 36.4 Å². The van der Waals surface area contributed by atoms with Crippen LogP contribution in [0.2, 0.25) is 5.02 Å². The lowest BCUT2D eigenvalue weighted by atomic mass is 10.2. The molecule has 3 aromatic rings. The molecule has 0 aliphatic carbocycles. The molecular weight excluding hydrogens is 455 g/mol. The first-order chi connectivity index (χ1) is 14.2. The minimum atomic E-state index is -4.13. The van der Waals surface area contributed by atoms with Gasteiger partial charge in [0.05, 0.1) is 26.7 Å². The van der Waals surface area contributed by atoms with Crippen molar-refractivity contribution in [3.05, 3.63) is 70.4 Å². The van der Waals surface area contributed by atoms with Crippen molar-refractivity contribution in [2.75, 3.05) is 12.4 Å². The van der Waals surface area contributed by atoms with Crippen LogP contribution in [0.3, 0.4) is 0 Å². The lowest BCUT2D eigenvalue weighted by molar-refractivity contribution is -0.113. The molecule has 1 aromatic carbocycles. The molecule has 0 fully saturated rings. The highest BCUT2D eigenvalue weighted by atomic mass is 35.5. The van der Waals surface area contributed by atoms with Gasteiger partial charge in [-0.3, -0.25) is 4.79 Å². The molecule has 12 heteroatoms. The van der Waals surface area contributed by atoms with Gasteiger partial charge in [-0.1, -0.05) is 11.6 Å². The summed E-state index contributed by atoms with van der Waals surface area (Å²) in [6, 6.07) is 7.05. The summed E-state index contributed by atoms with van der Waals surface area (Å²) < 4.78 is 48.1. The van der Waals surface area contributed by atoms with Crippen LogP contribution in [0.4, 0.5) is 10.1 Å². The van der Waals surface area contributed by atoms with Crippen molar-refractivity contribution < 1.29 is 22.0 Å². The van der Waals surface area contributed by atoms with Gasteiger partial charge in [0.1, 0.15) is 11.5 Å². The normalized spacial score (nSPS) is 15.5. The summed E-state index contributed by atoms with van der Waals surface area (Å²) in [6.45, 7) is 0. The fourth-order valence-electron chi connectivity index (χ4n) is 2.60. The molecule has 3 heterocycles. The Balaban J connectivity index is 1.67. The van der Waals surface area contributed by atoms with Gasteiger partial charge in [-0.2, -0.15) is 8.42 Å². The third kappa shape index (κ3) is 3.86. The van der Waals surface area contributed by atoms with Crippen LogP contribution < -0.4 is 5.32 Å². The van der Waals surface area contributed by atoms with Crippen molar-refractivity contribution in [2.45, 2.75) is 0 Å². The Kier molecular flexibility index (Phi) is 5.18. The van der Waals surface area contributed by atoms with E-state index < -0.39 is 21.9 Å². The van der Waals surface area contributed by atoms with E-state index in [-0.39, 0.29) is 22.1 Å². The quantitative estimate of drug-likeness (QED) is 0.631. The number of likely N-dealkylation sites (N-methyl/N-ethyl adjacent to an activating group) is 1. The standard InChI is InChI=1S/C18H12ClFN4O4S2/c1-24-14(18(25)22-10-2-3-12(20)11(19)6-10)7-13(23-30(24,26)27)16-4-5-17(29-16)15-8-21-9-28-15/h2-9H,1H3,(H,22,25). The van der Waals surface area contributed by atoms with Gasteiger partial charge < -0.3 is 9.73 Å². The van der Waals surface area contributed by atoms with Gasteiger partial charge in [0.25, 0.3) is 5.91 Å². The van der Waals surface area contributed by atoms with Gasteiger partial charge >= 0.3 is 10.2 Å². The second-order valence-electron chi connectivity index (χ2n) is 6.06. The van der Waals surface area contributed by atoms with Crippen LogP contribution in [0, 0.1) is 5.82 Å². The van der Waals surface area contributed by atoms with Crippen LogP contribution in [-0.2, 0) is 15.0 Å². The second-order valence-corrected chi connectivity index (χ2v) is 9.18. The number of hydrogen-bond acceptors (Lipinski definition) is 6. The highest BCUT2D eigenvalue weighted by molar-refractivity contribution is 7.88. The first kappa shape index (κ1) is 20.3. The Morgan fingerprint density at radius 1 is 1.27 bits per heavy atom. The largest absolute Gasteiger partial charge is 0.443 e. The number of nitrogens with one attached hydrogen (secondary N) is 1. The van der Waals surface area contributed by atoms with E-state index in [4.69, 9.17) is 16.0 Å². The molecule has 0 bridgehead atoms. The fourth-order valence-corrected chi connectivity index (χ4v) is 4.66. The van der Waals surface area contributed by atoms with E-state index >= 15 is 0 Å². The lowest BCUT2D eigenvalue weighted by Gasteiger charge is -2.23. The molecule has 1 aliphatic heterocycles. The number of nitrogens with zero attached hydrogens (tertiary/aromatic N) is 3. The summed E-state index contributed by atoms with van der Waals surface area (Å²) in [5.74, 6) is -0.832. The number of anilines is 1. The molecule has 1 amide bonds. The zero-order valence-corrected chi connectivity index (χ0v) is 17.6. The van der Waals surface area contributed by atoms with Gasteiger partial charge in [-0.15, -0.1) is 15.7 Å².